The minimum absolute atomic E-state index is 0.420. The van der Waals surface area contributed by atoms with Crippen LogP contribution >= 0.6 is 0 Å². The highest BCUT2D eigenvalue weighted by molar-refractivity contribution is 6.17. The molecule has 0 saturated heterocycles. The lowest BCUT2D eigenvalue weighted by Crippen LogP contribution is -2.26. The Hall–Kier alpha value is -3.41. The number of hydrogen-bond acceptors (Lipinski definition) is 5. The third-order valence-electron chi connectivity index (χ3n) is 4.40. The Morgan fingerprint density at radius 2 is 1.92 bits per heavy atom. The Bertz CT molecular complexity index is 1000. The van der Waals surface area contributed by atoms with Crippen LogP contribution in [0.15, 0.2) is 70.9 Å². The molecule has 1 unspecified atom stereocenters. The van der Waals surface area contributed by atoms with E-state index in [0.29, 0.717) is 5.84 Å². The van der Waals surface area contributed by atoms with Gasteiger partial charge in [0.05, 0.1) is 18.5 Å². The van der Waals surface area contributed by atoms with Crippen molar-refractivity contribution in [3.8, 4) is 5.75 Å². The molecule has 2 heterocycles. The van der Waals surface area contributed by atoms with E-state index >= 15 is 0 Å². The third kappa shape index (κ3) is 2.75. The minimum Gasteiger partial charge on any atom is -0.497 e. The maximum absolute atomic E-state index is 6.33. The summed E-state index contributed by atoms with van der Waals surface area (Å²) in [6, 6.07) is 15.7. The van der Waals surface area contributed by atoms with Crippen molar-refractivity contribution in [2.24, 2.45) is 15.7 Å². The number of imidazole rings is 1. The number of methoxy groups -OCH3 is 1. The molecule has 3 aromatic rings. The summed E-state index contributed by atoms with van der Waals surface area (Å²) in [5.41, 5.74) is 9.80. The predicted octanol–water partition coefficient (Wildman–Crippen LogP) is 3.24. The average Bonchev–Trinajstić information content (AvgIpc) is 3.03. The van der Waals surface area contributed by atoms with Crippen LogP contribution in [0, 0.1) is 6.92 Å². The molecule has 130 valence electrons. The number of fused-ring (bicyclic) bond motifs is 1. The Labute approximate surface area is 151 Å². The molecular formula is C20H19N5O. The lowest BCUT2D eigenvalue weighted by Gasteiger charge is -2.16. The van der Waals surface area contributed by atoms with Gasteiger partial charge in [0.15, 0.2) is 6.17 Å². The molecule has 0 amide bonds. The first-order valence-electron chi connectivity index (χ1n) is 8.32. The zero-order valence-electron chi connectivity index (χ0n) is 14.6. The molecule has 26 heavy (non-hydrogen) atoms. The number of nitrogens with two attached hydrogens (primary N) is 1. The molecule has 0 radical (unpaired) electrons. The fourth-order valence-electron chi connectivity index (χ4n) is 3.06. The highest BCUT2D eigenvalue weighted by Gasteiger charge is 2.24. The first-order valence-corrected chi connectivity index (χ1v) is 8.32. The molecule has 0 fully saturated rings. The van der Waals surface area contributed by atoms with Crippen molar-refractivity contribution in [1.29, 1.82) is 0 Å². The molecule has 2 aromatic carbocycles. The van der Waals surface area contributed by atoms with Gasteiger partial charge in [0.1, 0.15) is 17.4 Å². The van der Waals surface area contributed by atoms with Gasteiger partial charge in [0, 0.05) is 23.5 Å². The number of aromatic nitrogens is 2. The van der Waals surface area contributed by atoms with E-state index in [1.54, 1.807) is 13.3 Å². The van der Waals surface area contributed by atoms with E-state index < -0.39 is 6.17 Å². The quantitative estimate of drug-likeness (QED) is 0.791. The van der Waals surface area contributed by atoms with Gasteiger partial charge in [-0.2, -0.15) is 0 Å². The van der Waals surface area contributed by atoms with Crippen LogP contribution in [0.2, 0.25) is 0 Å². The second-order valence-corrected chi connectivity index (χ2v) is 6.02. The third-order valence-corrected chi connectivity index (χ3v) is 4.40. The number of aliphatic imine (C=N–C) groups is 2. The van der Waals surface area contributed by atoms with E-state index in [0.717, 1.165) is 34.1 Å². The topological polar surface area (TPSA) is 77.8 Å². The maximum atomic E-state index is 6.33. The van der Waals surface area contributed by atoms with Crippen LogP contribution in [-0.4, -0.2) is 28.2 Å². The van der Waals surface area contributed by atoms with Crippen molar-refractivity contribution in [3.63, 3.8) is 0 Å². The molecule has 1 aliphatic heterocycles. The van der Waals surface area contributed by atoms with Crippen molar-refractivity contribution in [2.75, 3.05) is 7.11 Å². The molecule has 2 N–H and O–H groups in total. The van der Waals surface area contributed by atoms with Gasteiger partial charge in [0.25, 0.3) is 0 Å². The van der Waals surface area contributed by atoms with Crippen LogP contribution in [-0.2, 0) is 0 Å². The fourth-order valence-corrected chi connectivity index (χ4v) is 3.06. The van der Waals surface area contributed by atoms with E-state index in [-0.39, 0.29) is 0 Å². The Kier molecular flexibility index (Phi) is 4.01. The lowest BCUT2D eigenvalue weighted by molar-refractivity contribution is 0.415. The Morgan fingerprint density at radius 1 is 1.12 bits per heavy atom. The first-order chi connectivity index (χ1) is 12.7. The van der Waals surface area contributed by atoms with Crippen molar-refractivity contribution in [1.82, 2.24) is 9.55 Å². The number of nitrogens with zero attached hydrogens (tertiary/aromatic N) is 4. The summed E-state index contributed by atoms with van der Waals surface area (Å²) in [4.78, 5) is 13.9. The molecule has 1 aliphatic rings. The van der Waals surface area contributed by atoms with Crippen LogP contribution in [0.25, 0.3) is 0 Å². The van der Waals surface area contributed by atoms with Gasteiger partial charge >= 0.3 is 0 Å². The van der Waals surface area contributed by atoms with E-state index in [1.165, 1.54) is 0 Å². The Morgan fingerprint density at radius 3 is 2.62 bits per heavy atom. The molecular weight excluding hydrogens is 326 g/mol. The van der Waals surface area contributed by atoms with E-state index in [9.17, 15) is 0 Å². The van der Waals surface area contributed by atoms with E-state index in [1.807, 2.05) is 66.2 Å². The number of ether oxygens (including phenoxy) is 1. The summed E-state index contributed by atoms with van der Waals surface area (Å²) in [7, 11) is 1.65. The van der Waals surface area contributed by atoms with Crippen molar-refractivity contribution in [3.05, 3.63) is 77.9 Å². The monoisotopic (exact) mass is 345 g/mol. The molecule has 0 aliphatic carbocycles. The summed E-state index contributed by atoms with van der Waals surface area (Å²) in [5, 5.41) is 0. The summed E-state index contributed by atoms with van der Waals surface area (Å²) in [6.45, 7) is 1.92. The van der Waals surface area contributed by atoms with Gasteiger partial charge in [-0.05, 0) is 25.1 Å². The molecule has 0 spiro atoms. The number of hydrogen-bond donors (Lipinski definition) is 1. The van der Waals surface area contributed by atoms with Crippen LogP contribution < -0.4 is 10.5 Å². The predicted molar refractivity (Wildman–Crippen MR) is 102 cm³/mol. The normalized spacial score (nSPS) is 16.3. The summed E-state index contributed by atoms with van der Waals surface area (Å²) >= 11 is 0. The van der Waals surface area contributed by atoms with Gasteiger partial charge < -0.3 is 15.0 Å². The maximum Gasteiger partial charge on any atom is 0.184 e. The number of aryl methyl sites for hydroxylation is 1. The van der Waals surface area contributed by atoms with Crippen LogP contribution in [0.5, 0.6) is 5.75 Å². The molecule has 6 heteroatoms. The van der Waals surface area contributed by atoms with Gasteiger partial charge in [-0.1, -0.05) is 30.3 Å². The number of rotatable bonds is 3. The molecule has 4 rings (SSSR count). The Balaban J connectivity index is 1.97. The lowest BCUT2D eigenvalue weighted by atomic mass is 10.0. The number of benzene rings is 2. The summed E-state index contributed by atoms with van der Waals surface area (Å²) in [5.74, 6) is 2.00. The molecule has 6 nitrogen and oxygen atoms in total. The largest absolute Gasteiger partial charge is 0.497 e. The van der Waals surface area contributed by atoms with Gasteiger partial charge in [-0.15, -0.1) is 0 Å². The second-order valence-electron chi connectivity index (χ2n) is 6.02. The van der Waals surface area contributed by atoms with Crippen molar-refractivity contribution >= 4 is 17.2 Å². The standard InChI is InChI=1S/C20H19N5O/c1-13-22-10-11-25(13)20-19(21)23-17-9-8-15(26-2)12-16(17)18(24-20)14-6-4-3-5-7-14/h3-12,20H,1-2H3,(H2,21,23). The van der Waals surface area contributed by atoms with Gasteiger partial charge in [0.2, 0.25) is 0 Å². The highest BCUT2D eigenvalue weighted by Crippen LogP contribution is 2.32. The average molecular weight is 345 g/mol. The van der Waals surface area contributed by atoms with Crippen molar-refractivity contribution < 1.29 is 4.74 Å². The second kappa shape index (κ2) is 6.48. The summed E-state index contributed by atoms with van der Waals surface area (Å²) in [6.07, 6.45) is 3.15. The van der Waals surface area contributed by atoms with Gasteiger partial charge in [-0.3, -0.25) is 4.99 Å². The van der Waals surface area contributed by atoms with E-state index in [2.05, 4.69) is 9.98 Å². The molecule has 0 bridgehead atoms. The highest BCUT2D eigenvalue weighted by atomic mass is 16.5. The van der Waals surface area contributed by atoms with Crippen LogP contribution in [0.4, 0.5) is 5.69 Å². The number of amidine groups is 1. The smallest absolute Gasteiger partial charge is 0.184 e. The van der Waals surface area contributed by atoms with Crippen LogP contribution in [0.3, 0.4) is 0 Å². The molecule has 1 atom stereocenters. The zero-order chi connectivity index (χ0) is 18.1. The zero-order valence-corrected chi connectivity index (χ0v) is 14.6. The van der Waals surface area contributed by atoms with E-state index in [4.69, 9.17) is 15.5 Å². The minimum atomic E-state index is -0.453. The van der Waals surface area contributed by atoms with Gasteiger partial charge in [-0.25, -0.2) is 9.98 Å². The first kappa shape index (κ1) is 16.1. The molecule has 1 aromatic heterocycles. The van der Waals surface area contributed by atoms with Crippen molar-refractivity contribution in [2.45, 2.75) is 13.1 Å². The van der Waals surface area contributed by atoms with Crippen LogP contribution in [0.1, 0.15) is 23.1 Å². The fraction of sp³-hybridized carbons (Fsp3) is 0.150. The summed E-state index contributed by atoms with van der Waals surface area (Å²) < 4.78 is 7.32. The molecule has 0 saturated carbocycles. The SMILES string of the molecule is COc1ccc2c(c1)C(c1ccccc1)=NC(n1ccnc1C)C(N)=N2.